The fourth-order valence-electron chi connectivity index (χ4n) is 2.72. The molecule has 2 rings (SSSR count). The molecule has 0 bridgehead atoms. The molecule has 0 saturated heterocycles. The van der Waals surface area contributed by atoms with E-state index in [1.54, 1.807) is 19.1 Å². The fraction of sp³-hybridized carbons (Fsp3) is 0.364. The predicted molar refractivity (Wildman–Crippen MR) is 116 cm³/mol. The van der Waals surface area contributed by atoms with Crippen molar-refractivity contribution < 1.29 is 18.0 Å². The van der Waals surface area contributed by atoms with Crippen molar-refractivity contribution in [3.63, 3.8) is 0 Å². The molecule has 2 aromatic carbocycles. The number of benzene rings is 2. The standard InChI is InChI=1S/C22H29N3O4S/c1-4-17(3)25-21(26)12-13-23-22(27)19-11-10-16(2)20(14-19)30(28,29)24-15-18-8-6-5-7-9-18/h5-11,14,17,24H,4,12-13,15H2,1-3H3,(H,23,27)(H,25,26). The minimum Gasteiger partial charge on any atom is -0.354 e. The Labute approximate surface area is 178 Å². The zero-order chi connectivity index (χ0) is 22.1. The number of carbonyl (C=O) groups excluding carboxylic acids is 2. The molecular formula is C22H29N3O4S. The van der Waals surface area contributed by atoms with E-state index in [0.29, 0.717) is 5.56 Å². The highest BCUT2D eigenvalue weighted by atomic mass is 32.2. The van der Waals surface area contributed by atoms with Gasteiger partial charge in [-0.05, 0) is 43.5 Å². The average molecular weight is 432 g/mol. The zero-order valence-electron chi connectivity index (χ0n) is 17.6. The summed E-state index contributed by atoms with van der Waals surface area (Å²) >= 11 is 0. The van der Waals surface area contributed by atoms with Gasteiger partial charge in [-0.25, -0.2) is 13.1 Å². The summed E-state index contributed by atoms with van der Waals surface area (Å²) in [5.74, 6) is -0.562. The molecule has 0 aromatic heterocycles. The Kier molecular flexibility index (Phi) is 8.56. The zero-order valence-corrected chi connectivity index (χ0v) is 18.4. The van der Waals surface area contributed by atoms with Gasteiger partial charge in [0.05, 0.1) is 4.90 Å². The van der Waals surface area contributed by atoms with Gasteiger partial charge in [-0.2, -0.15) is 0 Å². The normalized spacial score (nSPS) is 12.2. The van der Waals surface area contributed by atoms with Crippen LogP contribution in [0.5, 0.6) is 0 Å². The smallest absolute Gasteiger partial charge is 0.251 e. The van der Waals surface area contributed by atoms with E-state index >= 15 is 0 Å². The van der Waals surface area contributed by atoms with E-state index < -0.39 is 15.9 Å². The van der Waals surface area contributed by atoms with E-state index in [0.717, 1.165) is 12.0 Å². The molecule has 0 aliphatic carbocycles. The second-order valence-electron chi connectivity index (χ2n) is 7.17. The van der Waals surface area contributed by atoms with Crippen LogP contribution in [0.15, 0.2) is 53.4 Å². The van der Waals surface area contributed by atoms with Crippen molar-refractivity contribution in [2.45, 2.75) is 51.1 Å². The van der Waals surface area contributed by atoms with Crippen LogP contribution in [-0.4, -0.2) is 32.8 Å². The first kappa shape index (κ1) is 23.6. The average Bonchev–Trinajstić information content (AvgIpc) is 2.73. The van der Waals surface area contributed by atoms with E-state index in [-0.39, 0.29) is 41.9 Å². The number of nitrogens with one attached hydrogen (secondary N) is 3. The van der Waals surface area contributed by atoms with Gasteiger partial charge in [0.25, 0.3) is 5.91 Å². The lowest BCUT2D eigenvalue weighted by Gasteiger charge is -2.13. The lowest BCUT2D eigenvalue weighted by atomic mass is 10.1. The number of aryl methyl sites for hydroxylation is 1. The first-order valence-corrected chi connectivity index (χ1v) is 11.4. The van der Waals surface area contributed by atoms with Crippen LogP contribution in [0.25, 0.3) is 0 Å². The maximum atomic E-state index is 12.7. The summed E-state index contributed by atoms with van der Waals surface area (Å²) in [6.07, 6.45) is 0.989. The van der Waals surface area contributed by atoms with Crippen LogP contribution in [0.3, 0.4) is 0 Å². The molecule has 7 nitrogen and oxygen atoms in total. The third kappa shape index (κ3) is 6.96. The van der Waals surface area contributed by atoms with Gasteiger partial charge in [-0.15, -0.1) is 0 Å². The van der Waals surface area contributed by atoms with Gasteiger partial charge >= 0.3 is 0 Å². The molecular weight excluding hydrogens is 402 g/mol. The molecule has 0 aliphatic heterocycles. The summed E-state index contributed by atoms with van der Waals surface area (Å²) in [5.41, 5.74) is 1.60. The molecule has 1 unspecified atom stereocenters. The van der Waals surface area contributed by atoms with Crippen LogP contribution in [0.4, 0.5) is 0 Å². The lowest BCUT2D eigenvalue weighted by Crippen LogP contribution is -2.35. The Bertz CT molecular complexity index is 975. The molecule has 30 heavy (non-hydrogen) atoms. The molecule has 8 heteroatoms. The Hall–Kier alpha value is -2.71. The molecule has 3 N–H and O–H groups in total. The number of amides is 2. The SMILES string of the molecule is CCC(C)NC(=O)CCNC(=O)c1ccc(C)c(S(=O)(=O)NCc2ccccc2)c1. The van der Waals surface area contributed by atoms with Gasteiger partial charge in [0.1, 0.15) is 0 Å². The second-order valence-corrected chi connectivity index (χ2v) is 8.91. The van der Waals surface area contributed by atoms with Crippen molar-refractivity contribution in [1.29, 1.82) is 0 Å². The number of hydrogen-bond acceptors (Lipinski definition) is 4. The minimum atomic E-state index is -3.79. The van der Waals surface area contributed by atoms with E-state index in [2.05, 4.69) is 15.4 Å². The van der Waals surface area contributed by atoms with Crippen molar-refractivity contribution >= 4 is 21.8 Å². The van der Waals surface area contributed by atoms with Gasteiger partial charge in [-0.1, -0.05) is 43.3 Å². The van der Waals surface area contributed by atoms with Crippen LogP contribution in [0, 0.1) is 6.92 Å². The molecule has 162 valence electrons. The molecule has 2 amide bonds. The molecule has 2 aromatic rings. The summed E-state index contributed by atoms with van der Waals surface area (Å²) in [4.78, 5) is 24.3. The first-order chi connectivity index (χ1) is 14.2. The maximum absolute atomic E-state index is 12.7. The number of sulfonamides is 1. The molecule has 0 saturated carbocycles. The lowest BCUT2D eigenvalue weighted by molar-refractivity contribution is -0.121. The van der Waals surface area contributed by atoms with Gasteiger partial charge in [0.2, 0.25) is 15.9 Å². The quantitative estimate of drug-likeness (QED) is 0.538. The van der Waals surface area contributed by atoms with Gasteiger partial charge in [0, 0.05) is 31.1 Å². The Balaban J connectivity index is 2.01. The third-order valence-corrected chi connectivity index (χ3v) is 6.25. The third-order valence-electron chi connectivity index (χ3n) is 4.71. The van der Waals surface area contributed by atoms with Crippen molar-refractivity contribution in [3.05, 3.63) is 65.2 Å². The molecule has 0 aliphatic rings. The summed E-state index contributed by atoms with van der Waals surface area (Å²) in [6.45, 7) is 5.90. The fourth-order valence-corrected chi connectivity index (χ4v) is 4.01. The highest BCUT2D eigenvalue weighted by molar-refractivity contribution is 7.89. The summed E-state index contributed by atoms with van der Waals surface area (Å²) < 4.78 is 28.0. The summed E-state index contributed by atoms with van der Waals surface area (Å²) in [5, 5.41) is 5.49. The van der Waals surface area contributed by atoms with Crippen molar-refractivity contribution in [3.8, 4) is 0 Å². The molecule has 0 spiro atoms. The van der Waals surface area contributed by atoms with Crippen molar-refractivity contribution in [2.75, 3.05) is 6.54 Å². The van der Waals surface area contributed by atoms with Crippen LogP contribution in [0.2, 0.25) is 0 Å². The highest BCUT2D eigenvalue weighted by Gasteiger charge is 2.19. The van der Waals surface area contributed by atoms with Crippen LogP contribution in [-0.2, 0) is 21.4 Å². The Morgan fingerprint density at radius 2 is 1.77 bits per heavy atom. The predicted octanol–water partition coefficient (Wildman–Crippen LogP) is 2.51. The number of carbonyl (C=O) groups is 2. The Morgan fingerprint density at radius 1 is 1.07 bits per heavy atom. The topological polar surface area (TPSA) is 104 Å². The van der Waals surface area contributed by atoms with Crippen molar-refractivity contribution in [2.24, 2.45) is 0 Å². The van der Waals surface area contributed by atoms with Gasteiger partial charge < -0.3 is 10.6 Å². The highest BCUT2D eigenvalue weighted by Crippen LogP contribution is 2.17. The van der Waals surface area contributed by atoms with Gasteiger partial charge in [0.15, 0.2) is 0 Å². The number of hydrogen-bond donors (Lipinski definition) is 3. The summed E-state index contributed by atoms with van der Waals surface area (Å²) in [6, 6.07) is 13.8. The monoisotopic (exact) mass is 431 g/mol. The maximum Gasteiger partial charge on any atom is 0.251 e. The number of rotatable bonds is 10. The summed E-state index contributed by atoms with van der Waals surface area (Å²) in [7, 11) is -3.79. The Morgan fingerprint density at radius 3 is 2.43 bits per heavy atom. The van der Waals surface area contributed by atoms with E-state index in [4.69, 9.17) is 0 Å². The molecule has 0 heterocycles. The van der Waals surface area contributed by atoms with Crippen LogP contribution < -0.4 is 15.4 Å². The van der Waals surface area contributed by atoms with Gasteiger partial charge in [-0.3, -0.25) is 9.59 Å². The molecule has 0 radical (unpaired) electrons. The van der Waals surface area contributed by atoms with E-state index in [1.165, 1.54) is 6.07 Å². The van der Waals surface area contributed by atoms with Crippen LogP contribution >= 0.6 is 0 Å². The second kappa shape index (κ2) is 10.9. The van der Waals surface area contributed by atoms with Crippen molar-refractivity contribution in [1.82, 2.24) is 15.4 Å². The first-order valence-electron chi connectivity index (χ1n) is 9.94. The van der Waals surface area contributed by atoms with Crippen LogP contribution in [0.1, 0.15) is 48.2 Å². The largest absolute Gasteiger partial charge is 0.354 e. The molecule has 1 atom stereocenters. The van der Waals surface area contributed by atoms with E-state index in [1.807, 2.05) is 44.2 Å². The molecule has 0 fully saturated rings. The minimum absolute atomic E-state index is 0.0561. The van der Waals surface area contributed by atoms with E-state index in [9.17, 15) is 18.0 Å².